The van der Waals surface area contributed by atoms with Gasteiger partial charge in [0.15, 0.2) is 0 Å². The van der Waals surface area contributed by atoms with Crippen LogP contribution < -0.4 is 10.6 Å². The van der Waals surface area contributed by atoms with Crippen molar-refractivity contribution in [2.75, 3.05) is 23.7 Å². The molecular formula is C14H24N4O. The molecule has 1 aliphatic rings. The Labute approximate surface area is 114 Å². The highest BCUT2D eigenvalue weighted by Gasteiger charge is 2.29. The van der Waals surface area contributed by atoms with Crippen LogP contribution in [0.3, 0.4) is 0 Å². The van der Waals surface area contributed by atoms with Gasteiger partial charge >= 0.3 is 0 Å². The van der Waals surface area contributed by atoms with E-state index in [1.807, 2.05) is 0 Å². The van der Waals surface area contributed by atoms with Gasteiger partial charge in [-0.3, -0.25) is 0 Å². The van der Waals surface area contributed by atoms with Crippen molar-refractivity contribution in [3.63, 3.8) is 0 Å². The first-order valence-corrected chi connectivity index (χ1v) is 7.14. The molecule has 1 aromatic rings. The third-order valence-corrected chi connectivity index (χ3v) is 3.45. The van der Waals surface area contributed by atoms with Crippen LogP contribution in [0.25, 0.3) is 0 Å². The molecule has 0 aromatic carbocycles. The molecule has 2 rings (SSSR count). The van der Waals surface area contributed by atoms with Crippen LogP contribution in [-0.2, 0) is 0 Å². The molecule has 3 N–H and O–H groups in total. The Kier molecular flexibility index (Phi) is 4.58. The van der Waals surface area contributed by atoms with Gasteiger partial charge in [-0.25, -0.2) is 9.97 Å². The highest BCUT2D eigenvalue weighted by atomic mass is 16.3. The minimum Gasteiger partial charge on any atom is -0.391 e. The summed E-state index contributed by atoms with van der Waals surface area (Å²) in [6.45, 7) is 7.70. The zero-order chi connectivity index (χ0) is 13.8. The van der Waals surface area contributed by atoms with Crippen molar-refractivity contribution in [1.29, 1.82) is 0 Å². The van der Waals surface area contributed by atoms with E-state index >= 15 is 0 Å². The summed E-state index contributed by atoms with van der Waals surface area (Å²) in [7, 11) is 0. The number of hydrogen-bond donors (Lipinski definition) is 3. The molecule has 0 amide bonds. The van der Waals surface area contributed by atoms with Crippen molar-refractivity contribution < 1.29 is 5.11 Å². The van der Waals surface area contributed by atoms with Crippen molar-refractivity contribution >= 4 is 11.6 Å². The molecule has 1 atom stereocenters. The van der Waals surface area contributed by atoms with E-state index < -0.39 is 0 Å². The van der Waals surface area contributed by atoms with Gasteiger partial charge in [0, 0.05) is 18.7 Å². The number of nitrogens with one attached hydrogen (secondary N) is 2. The number of nitrogens with zero attached hydrogens (tertiary/aromatic N) is 2. The Hall–Kier alpha value is -1.36. The van der Waals surface area contributed by atoms with E-state index in [1.54, 1.807) is 6.33 Å². The van der Waals surface area contributed by atoms with E-state index in [2.05, 4.69) is 41.4 Å². The lowest BCUT2D eigenvalue weighted by molar-refractivity contribution is 0.164. The predicted octanol–water partition coefficient (Wildman–Crippen LogP) is 2.21. The van der Waals surface area contributed by atoms with Crippen LogP contribution in [0, 0.1) is 5.92 Å². The fraction of sp³-hybridized carbons (Fsp3) is 0.714. The lowest BCUT2D eigenvalue weighted by atomic mass is 10.0. The lowest BCUT2D eigenvalue weighted by Crippen LogP contribution is -2.23. The third kappa shape index (κ3) is 3.56. The second kappa shape index (κ2) is 6.19. The maximum Gasteiger partial charge on any atom is 0.135 e. The number of aromatic nitrogens is 2. The molecular weight excluding hydrogens is 240 g/mol. The zero-order valence-electron chi connectivity index (χ0n) is 12.0. The fourth-order valence-corrected chi connectivity index (χ4v) is 2.24. The molecule has 5 heteroatoms. The summed E-state index contributed by atoms with van der Waals surface area (Å²) < 4.78 is 0. The quantitative estimate of drug-likeness (QED) is 0.704. The number of rotatable bonds is 7. The molecule has 1 aromatic heterocycles. The topological polar surface area (TPSA) is 70.1 Å². The SMILES string of the molecule is CCNc1ncnc(NCC(O)C2CC2)c1C(C)C. The number of aliphatic hydroxyl groups excluding tert-OH is 1. The molecule has 0 aliphatic heterocycles. The molecule has 19 heavy (non-hydrogen) atoms. The first-order chi connectivity index (χ1) is 9.13. The van der Waals surface area contributed by atoms with Gasteiger partial charge in [-0.1, -0.05) is 13.8 Å². The van der Waals surface area contributed by atoms with Crippen LogP contribution in [0.4, 0.5) is 11.6 Å². The molecule has 1 heterocycles. The molecule has 0 saturated heterocycles. The Morgan fingerprint density at radius 1 is 1.26 bits per heavy atom. The van der Waals surface area contributed by atoms with Gasteiger partial charge in [-0.15, -0.1) is 0 Å². The van der Waals surface area contributed by atoms with Crippen molar-refractivity contribution in [2.45, 2.75) is 45.6 Å². The van der Waals surface area contributed by atoms with E-state index in [4.69, 9.17) is 0 Å². The second-order valence-electron chi connectivity index (χ2n) is 5.46. The molecule has 1 aliphatic carbocycles. The highest BCUT2D eigenvalue weighted by Crippen LogP contribution is 2.33. The normalized spacial score (nSPS) is 16.5. The van der Waals surface area contributed by atoms with E-state index in [9.17, 15) is 5.11 Å². The average Bonchev–Trinajstić information content (AvgIpc) is 3.20. The number of aliphatic hydroxyl groups is 1. The molecule has 1 fully saturated rings. The highest BCUT2D eigenvalue weighted by molar-refractivity contribution is 5.59. The number of anilines is 2. The monoisotopic (exact) mass is 264 g/mol. The van der Waals surface area contributed by atoms with Crippen molar-refractivity contribution in [3.8, 4) is 0 Å². The summed E-state index contributed by atoms with van der Waals surface area (Å²) in [6, 6.07) is 0. The average molecular weight is 264 g/mol. The van der Waals surface area contributed by atoms with E-state index in [-0.39, 0.29) is 6.10 Å². The summed E-state index contributed by atoms with van der Waals surface area (Å²) in [5.74, 6) is 2.53. The van der Waals surface area contributed by atoms with Crippen LogP contribution in [0.5, 0.6) is 0 Å². The Morgan fingerprint density at radius 3 is 2.42 bits per heavy atom. The van der Waals surface area contributed by atoms with Gasteiger partial charge in [0.1, 0.15) is 18.0 Å². The first kappa shape index (κ1) is 14.1. The molecule has 5 nitrogen and oxygen atoms in total. The Balaban J connectivity index is 2.10. The maximum atomic E-state index is 9.93. The Bertz CT molecular complexity index is 418. The van der Waals surface area contributed by atoms with Crippen LogP contribution >= 0.6 is 0 Å². The lowest BCUT2D eigenvalue weighted by Gasteiger charge is -2.18. The summed E-state index contributed by atoms with van der Waals surface area (Å²) in [5.41, 5.74) is 1.09. The van der Waals surface area contributed by atoms with Crippen molar-refractivity contribution in [3.05, 3.63) is 11.9 Å². The molecule has 1 saturated carbocycles. The van der Waals surface area contributed by atoms with Crippen LogP contribution in [0.2, 0.25) is 0 Å². The second-order valence-corrected chi connectivity index (χ2v) is 5.46. The van der Waals surface area contributed by atoms with Gasteiger partial charge in [-0.05, 0) is 31.6 Å². The van der Waals surface area contributed by atoms with Crippen molar-refractivity contribution in [2.24, 2.45) is 5.92 Å². The summed E-state index contributed by atoms with van der Waals surface area (Å²) in [5, 5.41) is 16.5. The summed E-state index contributed by atoms with van der Waals surface area (Å²) in [6.07, 6.45) is 3.59. The van der Waals surface area contributed by atoms with Crippen molar-refractivity contribution in [1.82, 2.24) is 9.97 Å². The molecule has 0 radical (unpaired) electrons. The smallest absolute Gasteiger partial charge is 0.135 e. The largest absolute Gasteiger partial charge is 0.391 e. The van der Waals surface area contributed by atoms with E-state index in [1.165, 1.54) is 0 Å². The molecule has 106 valence electrons. The maximum absolute atomic E-state index is 9.93. The fourth-order valence-electron chi connectivity index (χ4n) is 2.24. The van der Waals surface area contributed by atoms with Crippen LogP contribution in [0.1, 0.15) is 45.1 Å². The predicted molar refractivity (Wildman–Crippen MR) is 77.5 cm³/mol. The van der Waals surface area contributed by atoms with E-state index in [0.717, 1.165) is 36.6 Å². The molecule has 0 bridgehead atoms. The summed E-state index contributed by atoms with van der Waals surface area (Å²) >= 11 is 0. The van der Waals surface area contributed by atoms with Crippen LogP contribution in [-0.4, -0.2) is 34.3 Å². The third-order valence-electron chi connectivity index (χ3n) is 3.45. The van der Waals surface area contributed by atoms with Gasteiger partial charge < -0.3 is 15.7 Å². The minimum absolute atomic E-state index is 0.266. The Morgan fingerprint density at radius 2 is 1.89 bits per heavy atom. The standard InChI is InChI=1S/C14H24N4O/c1-4-15-13-12(9(2)3)14(18-8-17-13)16-7-11(19)10-5-6-10/h8-11,19H,4-7H2,1-3H3,(H2,15,16,17,18). The van der Waals surface area contributed by atoms with Gasteiger partial charge in [0.05, 0.1) is 6.10 Å². The minimum atomic E-state index is -0.266. The van der Waals surface area contributed by atoms with Crippen LogP contribution in [0.15, 0.2) is 6.33 Å². The van der Waals surface area contributed by atoms with Gasteiger partial charge in [-0.2, -0.15) is 0 Å². The van der Waals surface area contributed by atoms with E-state index in [0.29, 0.717) is 18.4 Å². The zero-order valence-corrected chi connectivity index (χ0v) is 12.0. The first-order valence-electron chi connectivity index (χ1n) is 7.14. The molecule has 1 unspecified atom stereocenters. The van der Waals surface area contributed by atoms with Gasteiger partial charge in [0.2, 0.25) is 0 Å². The molecule has 0 spiro atoms. The van der Waals surface area contributed by atoms with Gasteiger partial charge in [0.25, 0.3) is 0 Å². The summed E-state index contributed by atoms with van der Waals surface area (Å²) in [4.78, 5) is 8.62. The number of hydrogen-bond acceptors (Lipinski definition) is 5.